The number of nitriles is 1. The highest BCUT2D eigenvalue weighted by Crippen LogP contribution is 2.55. The van der Waals surface area contributed by atoms with Gasteiger partial charge in [0.1, 0.15) is 12.9 Å². The minimum Gasteiger partial charge on any atom is -0.462 e. The third kappa shape index (κ3) is 4.33. The molecule has 1 aliphatic carbocycles. The van der Waals surface area contributed by atoms with Crippen LogP contribution in [-0.2, 0) is 25.7 Å². The average molecular weight is 431 g/mol. The molecule has 6 nitrogen and oxygen atoms in total. The SMILES string of the molecule is C=C[C@H]1C[C@@](C#N)(C(=O)OCc2ccccc2)[C@H](c2ccc(C(=O)OCC)cc2)[C@H]1C=O. The van der Waals surface area contributed by atoms with E-state index in [1.54, 1.807) is 37.3 Å². The number of allylic oxidation sites excluding steroid dienone is 1. The van der Waals surface area contributed by atoms with Gasteiger partial charge in [0.05, 0.1) is 18.2 Å². The van der Waals surface area contributed by atoms with Crippen LogP contribution in [0.2, 0.25) is 0 Å². The van der Waals surface area contributed by atoms with Gasteiger partial charge in [-0.1, -0.05) is 48.5 Å². The molecule has 1 aliphatic rings. The molecule has 0 saturated heterocycles. The monoisotopic (exact) mass is 431 g/mol. The molecule has 4 atom stereocenters. The van der Waals surface area contributed by atoms with Crippen LogP contribution in [0, 0.1) is 28.6 Å². The molecule has 6 heteroatoms. The molecule has 3 rings (SSSR count). The Bertz CT molecular complexity index is 1020. The van der Waals surface area contributed by atoms with E-state index in [9.17, 15) is 19.6 Å². The summed E-state index contributed by atoms with van der Waals surface area (Å²) in [6, 6.07) is 17.8. The molecule has 0 bridgehead atoms. The molecule has 0 spiro atoms. The molecule has 0 unspecified atom stereocenters. The topological polar surface area (TPSA) is 93.5 Å². The van der Waals surface area contributed by atoms with Gasteiger partial charge in [-0.05, 0) is 42.5 Å². The van der Waals surface area contributed by atoms with Crippen LogP contribution in [0.1, 0.15) is 40.7 Å². The standard InChI is InChI=1S/C26H25NO5/c1-3-19-14-26(17-27,25(30)32-16-18-8-6-5-7-9-18)23(22(19)15-28)20-10-12-21(13-11-20)24(29)31-4-2/h3,5-13,15,19,22-23H,1,4,14,16H2,2H3/t19-,22-,23+,26-/m0/s1. The molecule has 0 N–H and O–H groups in total. The van der Waals surface area contributed by atoms with Crippen molar-refractivity contribution >= 4 is 18.2 Å². The Morgan fingerprint density at radius 3 is 2.41 bits per heavy atom. The molecule has 32 heavy (non-hydrogen) atoms. The summed E-state index contributed by atoms with van der Waals surface area (Å²) in [6.45, 7) is 5.80. The van der Waals surface area contributed by atoms with Crippen molar-refractivity contribution in [2.75, 3.05) is 6.61 Å². The van der Waals surface area contributed by atoms with Crippen molar-refractivity contribution in [3.05, 3.63) is 83.9 Å². The summed E-state index contributed by atoms with van der Waals surface area (Å²) in [4.78, 5) is 37.3. The molecule has 164 valence electrons. The number of esters is 2. The van der Waals surface area contributed by atoms with Crippen molar-refractivity contribution < 1.29 is 23.9 Å². The first-order valence-corrected chi connectivity index (χ1v) is 10.5. The van der Waals surface area contributed by atoms with E-state index in [2.05, 4.69) is 12.6 Å². The maximum Gasteiger partial charge on any atom is 0.338 e. The first-order valence-electron chi connectivity index (χ1n) is 10.5. The normalized spacial score (nSPS) is 24.2. The van der Waals surface area contributed by atoms with Crippen LogP contribution in [-0.4, -0.2) is 24.8 Å². The number of hydrogen-bond acceptors (Lipinski definition) is 6. The second kappa shape index (κ2) is 10.1. The number of nitrogens with zero attached hydrogens (tertiary/aromatic N) is 1. The molecular formula is C26H25NO5. The molecule has 0 radical (unpaired) electrons. The van der Waals surface area contributed by atoms with Gasteiger partial charge in [-0.15, -0.1) is 6.58 Å². The second-order valence-electron chi connectivity index (χ2n) is 7.78. The summed E-state index contributed by atoms with van der Waals surface area (Å²) in [5.74, 6) is -2.83. The van der Waals surface area contributed by atoms with E-state index in [1.807, 2.05) is 30.3 Å². The van der Waals surface area contributed by atoms with Crippen LogP contribution in [0.5, 0.6) is 0 Å². The fourth-order valence-corrected chi connectivity index (χ4v) is 4.40. The number of aldehydes is 1. The van der Waals surface area contributed by atoms with Crippen molar-refractivity contribution in [2.45, 2.75) is 25.9 Å². The summed E-state index contributed by atoms with van der Waals surface area (Å²) in [6.07, 6.45) is 2.52. The maximum absolute atomic E-state index is 13.3. The van der Waals surface area contributed by atoms with E-state index in [0.29, 0.717) is 11.1 Å². The summed E-state index contributed by atoms with van der Waals surface area (Å²) in [7, 11) is 0. The van der Waals surface area contributed by atoms with E-state index >= 15 is 0 Å². The van der Waals surface area contributed by atoms with Crippen LogP contribution < -0.4 is 0 Å². The van der Waals surface area contributed by atoms with Crippen molar-refractivity contribution in [2.24, 2.45) is 17.3 Å². The van der Waals surface area contributed by atoms with E-state index in [4.69, 9.17) is 9.47 Å². The highest BCUT2D eigenvalue weighted by atomic mass is 16.5. The molecule has 1 saturated carbocycles. The zero-order chi connectivity index (χ0) is 23.1. The summed E-state index contributed by atoms with van der Waals surface area (Å²) < 4.78 is 10.6. The van der Waals surface area contributed by atoms with E-state index < -0.39 is 29.2 Å². The lowest BCUT2D eigenvalue weighted by atomic mass is 9.72. The van der Waals surface area contributed by atoms with Gasteiger partial charge < -0.3 is 14.3 Å². The first kappa shape index (κ1) is 23.0. The van der Waals surface area contributed by atoms with Gasteiger partial charge in [0.25, 0.3) is 0 Å². The molecule has 0 amide bonds. The average Bonchev–Trinajstić information content (AvgIpc) is 3.18. The second-order valence-corrected chi connectivity index (χ2v) is 7.78. The lowest BCUT2D eigenvalue weighted by Gasteiger charge is -2.28. The van der Waals surface area contributed by atoms with Crippen LogP contribution in [0.4, 0.5) is 0 Å². The fraction of sp³-hybridized carbons (Fsp3) is 0.308. The molecule has 1 fully saturated rings. The lowest BCUT2D eigenvalue weighted by Crippen LogP contribution is -2.36. The zero-order valence-electron chi connectivity index (χ0n) is 17.9. The predicted octanol–water partition coefficient (Wildman–Crippen LogP) is 4.22. The van der Waals surface area contributed by atoms with Crippen LogP contribution in [0.15, 0.2) is 67.3 Å². The summed E-state index contributed by atoms with van der Waals surface area (Å²) in [5, 5.41) is 10.2. The highest BCUT2D eigenvalue weighted by Gasteiger charge is 2.59. The third-order valence-corrected chi connectivity index (χ3v) is 5.99. The van der Waals surface area contributed by atoms with Crippen molar-refractivity contribution in [3.8, 4) is 6.07 Å². The lowest BCUT2D eigenvalue weighted by molar-refractivity contribution is -0.154. The van der Waals surface area contributed by atoms with Gasteiger partial charge in [-0.2, -0.15) is 5.26 Å². The Kier molecular flexibility index (Phi) is 7.21. The minimum absolute atomic E-state index is 0.0299. The van der Waals surface area contributed by atoms with E-state index in [0.717, 1.165) is 11.8 Å². The Morgan fingerprint density at radius 1 is 1.16 bits per heavy atom. The van der Waals surface area contributed by atoms with Crippen molar-refractivity contribution in [1.82, 2.24) is 0 Å². The summed E-state index contributed by atoms with van der Waals surface area (Å²) >= 11 is 0. The van der Waals surface area contributed by atoms with Crippen LogP contribution in [0.3, 0.4) is 0 Å². The number of carbonyl (C=O) groups excluding carboxylic acids is 3. The molecule has 0 heterocycles. The van der Waals surface area contributed by atoms with Gasteiger partial charge in [0.15, 0.2) is 5.41 Å². The predicted molar refractivity (Wildman–Crippen MR) is 117 cm³/mol. The molecule has 2 aromatic rings. The number of rotatable bonds is 8. The number of benzene rings is 2. The van der Waals surface area contributed by atoms with E-state index in [1.165, 1.54) is 0 Å². The van der Waals surface area contributed by atoms with Crippen LogP contribution >= 0.6 is 0 Å². The van der Waals surface area contributed by atoms with Crippen molar-refractivity contribution in [1.29, 1.82) is 5.26 Å². The first-order chi connectivity index (χ1) is 15.5. The Labute approximate surface area is 187 Å². The highest BCUT2D eigenvalue weighted by molar-refractivity contribution is 5.89. The quantitative estimate of drug-likeness (QED) is 0.353. The molecule has 0 aromatic heterocycles. The Hall–Kier alpha value is -3.72. The maximum atomic E-state index is 13.3. The number of hydrogen-bond donors (Lipinski definition) is 0. The number of ether oxygens (including phenoxy) is 2. The third-order valence-electron chi connectivity index (χ3n) is 5.99. The van der Waals surface area contributed by atoms with Gasteiger partial charge in [0.2, 0.25) is 0 Å². The number of carbonyl (C=O) groups is 3. The smallest absolute Gasteiger partial charge is 0.338 e. The molecular weight excluding hydrogens is 406 g/mol. The van der Waals surface area contributed by atoms with Gasteiger partial charge in [0, 0.05) is 11.8 Å². The van der Waals surface area contributed by atoms with Gasteiger partial charge in [-0.3, -0.25) is 4.79 Å². The Balaban J connectivity index is 1.96. The van der Waals surface area contributed by atoms with E-state index in [-0.39, 0.29) is 25.6 Å². The van der Waals surface area contributed by atoms with Crippen molar-refractivity contribution in [3.63, 3.8) is 0 Å². The largest absolute Gasteiger partial charge is 0.462 e. The molecule has 2 aromatic carbocycles. The van der Waals surface area contributed by atoms with Gasteiger partial charge >= 0.3 is 11.9 Å². The zero-order valence-corrected chi connectivity index (χ0v) is 17.9. The molecule has 0 aliphatic heterocycles. The van der Waals surface area contributed by atoms with Gasteiger partial charge in [-0.25, -0.2) is 4.79 Å². The Morgan fingerprint density at radius 2 is 1.84 bits per heavy atom. The summed E-state index contributed by atoms with van der Waals surface area (Å²) in [5.41, 5.74) is 0.211. The minimum atomic E-state index is -1.55. The fourth-order valence-electron chi connectivity index (χ4n) is 4.40. The van der Waals surface area contributed by atoms with Crippen LogP contribution in [0.25, 0.3) is 0 Å².